The van der Waals surface area contributed by atoms with E-state index in [0.29, 0.717) is 25.7 Å². The number of carbonyl (C=O) groups excluding carboxylic acids is 2. The third-order valence-electron chi connectivity index (χ3n) is 2.77. The Hall–Kier alpha value is -1.89. The molecular weight excluding hydrogens is 359 g/mol. The third kappa shape index (κ3) is 4.54. The lowest BCUT2D eigenvalue weighted by atomic mass is 10.2. The molecule has 1 aromatic carbocycles. The molecule has 0 aliphatic heterocycles. The molecular formula is C15H12Cl2N2O3S. The van der Waals surface area contributed by atoms with E-state index in [4.69, 9.17) is 23.2 Å². The van der Waals surface area contributed by atoms with E-state index in [0.717, 1.165) is 16.9 Å². The fourth-order valence-electron chi connectivity index (χ4n) is 1.67. The summed E-state index contributed by atoms with van der Waals surface area (Å²) >= 11 is 12.8. The molecule has 0 unspecified atom stereocenters. The number of hydrogen-bond donors (Lipinski definition) is 1. The number of benzene rings is 1. The molecule has 0 radical (unpaired) electrons. The zero-order valence-electron chi connectivity index (χ0n) is 12.2. The molecule has 0 bridgehead atoms. The SMILES string of the molecule is COC(=O)c1sc(NC(=O)C=Cc2ccc(Cl)c(Cl)c2)nc1C. The molecule has 0 fully saturated rings. The van der Waals surface area contributed by atoms with E-state index in [2.05, 4.69) is 15.0 Å². The maximum atomic E-state index is 11.9. The fourth-order valence-corrected chi connectivity index (χ4v) is 2.86. The third-order valence-corrected chi connectivity index (χ3v) is 4.56. The molecule has 0 atom stereocenters. The smallest absolute Gasteiger partial charge is 0.350 e. The topological polar surface area (TPSA) is 68.3 Å². The number of carbonyl (C=O) groups is 2. The van der Waals surface area contributed by atoms with Crippen LogP contribution in [0.15, 0.2) is 24.3 Å². The number of hydrogen-bond acceptors (Lipinski definition) is 5. The maximum absolute atomic E-state index is 11.9. The highest BCUT2D eigenvalue weighted by atomic mass is 35.5. The number of nitrogens with one attached hydrogen (secondary N) is 1. The highest BCUT2D eigenvalue weighted by Crippen LogP contribution is 2.24. The largest absolute Gasteiger partial charge is 0.465 e. The highest BCUT2D eigenvalue weighted by molar-refractivity contribution is 7.17. The highest BCUT2D eigenvalue weighted by Gasteiger charge is 2.16. The van der Waals surface area contributed by atoms with E-state index in [1.54, 1.807) is 31.2 Å². The summed E-state index contributed by atoms with van der Waals surface area (Å²) in [6.45, 7) is 1.67. The zero-order chi connectivity index (χ0) is 17.0. The summed E-state index contributed by atoms with van der Waals surface area (Å²) in [4.78, 5) is 27.9. The van der Waals surface area contributed by atoms with E-state index in [1.807, 2.05) is 0 Å². The minimum atomic E-state index is -0.480. The van der Waals surface area contributed by atoms with Crippen LogP contribution in [0.25, 0.3) is 6.08 Å². The fraction of sp³-hybridized carbons (Fsp3) is 0.133. The van der Waals surface area contributed by atoms with Crippen LogP contribution in [-0.2, 0) is 9.53 Å². The van der Waals surface area contributed by atoms with Gasteiger partial charge in [0.2, 0.25) is 5.91 Å². The van der Waals surface area contributed by atoms with Gasteiger partial charge in [0.15, 0.2) is 5.13 Å². The quantitative estimate of drug-likeness (QED) is 0.646. The van der Waals surface area contributed by atoms with E-state index in [1.165, 1.54) is 13.2 Å². The van der Waals surface area contributed by atoms with Gasteiger partial charge >= 0.3 is 5.97 Å². The lowest BCUT2D eigenvalue weighted by molar-refractivity contribution is -0.111. The maximum Gasteiger partial charge on any atom is 0.350 e. The Balaban J connectivity index is 2.06. The van der Waals surface area contributed by atoms with Gasteiger partial charge in [-0.25, -0.2) is 9.78 Å². The van der Waals surface area contributed by atoms with E-state index < -0.39 is 5.97 Å². The van der Waals surface area contributed by atoms with Gasteiger partial charge in [-0.1, -0.05) is 40.6 Å². The molecule has 23 heavy (non-hydrogen) atoms. The molecule has 2 aromatic rings. The number of aryl methyl sites for hydroxylation is 1. The average Bonchev–Trinajstić information content (AvgIpc) is 2.88. The number of ether oxygens (including phenoxy) is 1. The minimum Gasteiger partial charge on any atom is -0.465 e. The van der Waals surface area contributed by atoms with Crippen molar-refractivity contribution in [1.82, 2.24) is 4.98 Å². The number of methoxy groups -OCH3 is 1. The standard InChI is InChI=1S/C15H12Cl2N2O3S/c1-8-13(14(21)22-2)23-15(18-8)19-12(20)6-4-9-3-5-10(16)11(17)7-9/h3-7H,1-2H3,(H,18,19,20). The number of amides is 1. The summed E-state index contributed by atoms with van der Waals surface area (Å²) < 4.78 is 4.64. The van der Waals surface area contributed by atoms with Crippen molar-refractivity contribution in [3.05, 3.63) is 50.5 Å². The van der Waals surface area contributed by atoms with Gasteiger partial charge in [0, 0.05) is 6.08 Å². The Labute approximate surface area is 146 Å². The summed E-state index contributed by atoms with van der Waals surface area (Å²) in [5, 5.41) is 3.77. The van der Waals surface area contributed by atoms with Crippen LogP contribution in [-0.4, -0.2) is 24.0 Å². The summed E-state index contributed by atoms with van der Waals surface area (Å²) in [5.74, 6) is -0.854. The molecule has 1 heterocycles. The summed E-state index contributed by atoms with van der Waals surface area (Å²) in [6, 6.07) is 5.03. The second kappa shape index (κ2) is 7.59. The molecule has 1 N–H and O–H groups in total. The first kappa shape index (κ1) is 17.5. The zero-order valence-corrected chi connectivity index (χ0v) is 14.6. The van der Waals surface area contributed by atoms with Gasteiger partial charge in [-0.2, -0.15) is 0 Å². The Kier molecular flexibility index (Phi) is 5.76. The van der Waals surface area contributed by atoms with Gasteiger partial charge in [-0.3, -0.25) is 10.1 Å². The van der Waals surface area contributed by atoms with Crippen LogP contribution in [0.5, 0.6) is 0 Å². The number of nitrogens with zero attached hydrogens (tertiary/aromatic N) is 1. The normalized spacial score (nSPS) is 10.8. The van der Waals surface area contributed by atoms with Crippen molar-refractivity contribution >= 4 is 57.6 Å². The van der Waals surface area contributed by atoms with Crippen molar-refractivity contribution in [2.75, 3.05) is 12.4 Å². The molecule has 0 spiro atoms. The van der Waals surface area contributed by atoms with Gasteiger partial charge in [-0.15, -0.1) is 0 Å². The van der Waals surface area contributed by atoms with Crippen molar-refractivity contribution in [2.24, 2.45) is 0 Å². The molecule has 8 heteroatoms. The first-order valence-electron chi connectivity index (χ1n) is 6.40. The minimum absolute atomic E-state index is 0.326. The van der Waals surface area contributed by atoms with E-state index in [-0.39, 0.29) is 5.91 Å². The Morgan fingerprint density at radius 3 is 2.70 bits per heavy atom. The van der Waals surface area contributed by atoms with Crippen LogP contribution in [0.1, 0.15) is 20.9 Å². The van der Waals surface area contributed by atoms with E-state index >= 15 is 0 Å². The number of rotatable bonds is 4. The number of esters is 1. The molecule has 1 amide bonds. The predicted octanol–water partition coefficient (Wildman–Crippen LogP) is 4.20. The number of thiazole rings is 1. The van der Waals surface area contributed by atoms with Gasteiger partial charge in [0.1, 0.15) is 4.88 Å². The number of aromatic nitrogens is 1. The van der Waals surface area contributed by atoms with Crippen LogP contribution < -0.4 is 5.32 Å². The Morgan fingerprint density at radius 1 is 1.30 bits per heavy atom. The van der Waals surface area contributed by atoms with Crippen LogP contribution in [0.4, 0.5) is 5.13 Å². The molecule has 2 rings (SSSR count). The molecule has 0 saturated heterocycles. The number of halogens is 2. The lowest BCUT2D eigenvalue weighted by Crippen LogP contribution is -2.07. The lowest BCUT2D eigenvalue weighted by Gasteiger charge is -1.98. The monoisotopic (exact) mass is 370 g/mol. The number of anilines is 1. The Morgan fingerprint density at radius 2 is 2.04 bits per heavy atom. The molecule has 0 aliphatic rings. The summed E-state index contributed by atoms with van der Waals surface area (Å²) in [6.07, 6.45) is 2.94. The summed E-state index contributed by atoms with van der Waals surface area (Å²) in [5.41, 5.74) is 1.24. The van der Waals surface area contributed by atoms with E-state index in [9.17, 15) is 9.59 Å². The van der Waals surface area contributed by atoms with Gasteiger partial charge in [-0.05, 0) is 30.7 Å². The van der Waals surface area contributed by atoms with Gasteiger partial charge in [0.25, 0.3) is 0 Å². The first-order valence-corrected chi connectivity index (χ1v) is 7.98. The van der Waals surface area contributed by atoms with Gasteiger partial charge in [0.05, 0.1) is 22.8 Å². The molecule has 0 saturated carbocycles. The van der Waals surface area contributed by atoms with Crippen molar-refractivity contribution in [3.63, 3.8) is 0 Å². The summed E-state index contributed by atoms with van der Waals surface area (Å²) in [7, 11) is 1.29. The van der Waals surface area contributed by atoms with Crippen LogP contribution in [0.2, 0.25) is 10.0 Å². The van der Waals surface area contributed by atoms with Crippen LogP contribution in [0, 0.1) is 6.92 Å². The first-order chi connectivity index (χ1) is 10.9. The van der Waals surface area contributed by atoms with Crippen molar-refractivity contribution in [1.29, 1.82) is 0 Å². The van der Waals surface area contributed by atoms with Crippen molar-refractivity contribution < 1.29 is 14.3 Å². The van der Waals surface area contributed by atoms with Gasteiger partial charge < -0.3 is 4.74 Å². The molecule has 120 valence electrons. The second-order valence-corrected chi connectivity index (χ2v) is 6.23. The predicted molar refractivity (Wildman–Crippen MR) is 92.3 cm³/mol. The van der Waals surface area contributed by atoms with Crippen molar-refractivity contribution in [3.8, 4) is 0 Å². The average molecular weight is 371 g/mol. The van der Waals surface area contributed by atoms with Crippen LogP contribution in [0.3, 0.4) is 0 Å². The second-order valence-electron chi connectivity index (χ2n) is 4.42. The van der Waals surface area contributed by atoms with Crippen LogP contribution >= 0.6 is 34.5 Å². The van der Waals surface area contributed by atoms with Crippen molar-refractivity contribution in [2.45, 2.75) is 6.92 Å². The molecule has 0 aliphatic carbocycles. The molecule has 5 nitrogen and oxygen atoms in total. The molecule has 1 aromatic heterocycles. The Bertz CT molecular complexity index is 787.